The summed E-state index contributed by atoms with van der Waals surface area (Å²) in [5.74, 6) is 0.564. The molecule has 0 spiro atoms. The maximum atomic E-state index is 12.8. The Morgan fingerprint density at radius 1 is 1.25 bits per heavy atom. The number of carbonyl (C=O) groups is 1. The zero-order valence-electron chi connectivity index (χ0n) is 14.4. The van der Waals surface area contributed by atoms with Crippen molar-refractivity contribution in [2.45, 2.75) is 33.0 Å². The Balaban J connectivity index is 1.91. The number of ether oxygens (including phenoxy) is 2. The summed E-state index contributed by atoms with van der Waals surface area (Å²) in [5, 5.41) is 8.27. The third-order valence-electron chi connectivity index (χ3n) is 4.12. The van der Waals surface area contributed by atoms with Gasteiger partial charge in [-0.2, -0.15) is 0 Å². The molecule has 0 radical (unpaired) electrons. The van der Waals surface area contributed by atoms with Crippen molar-refractivity contribution in [1.29, 1.82) is 0 Å². The van der Waals surface area contributed by atoms with Crippen LogP contribution < -0.4 is 4.74 Å². The Morgan fingerprint density at radius 3 is 2.58 bits per heavy atom. The zero-order chi connectivity index (χ0) is 17.3. The van der Waals surface area contributed by atoms with E-state index in [9.17, 15) is 4.79 Å². The maximum Gasteiger partial charge on any atom is 0.276 e. The van der Waals surface area contributed by atoms with E-state index in [1.54, 1.807) is 16.7 Å². The molecule has 0 aliphatic carbocycles. The fraction of sp³-hybridized carbons (Fsp3) is 0.471. The van der Waals surface area contributed by atoms with E-state index in [1.165, 1.54) is 0 Å². The molecule has 1 aliphatic rings. The Labute approximate surface area is 141 Å². The lowest BCUT2D eigenvalue weighted by Crippen LogP contribution is -2.48. The maximum absolute atomic E-state index is 12.8. The monoisotopic (exact) mass is 330 g/mol. The molecule has 0 saturated carbocycles. The molecule has 1 amide bonds. The van der Waals surface area contributed by atoms with E-state index in [4.69, 9.17) is 9.47 Å². The number of methoxy groups -OCH3 is 1. The quantitative estimate of drug-likeness (QED) is 0.859. The molecule has 1 aliphatic heterocycles. The molecule has 0 N–H and O–H groups in total. The fourth-order valence-corrected chi connectivity index (χ4v) is 3.05. The molecule has 1 fully saturated rings. The first-order chi connectivity index (χ1) is 11.5. The van der Waals surface area contributed by atoms with Gasteiger partial charge in [0.15, 0.2) is 5.69 Å². The first-order valence-corrected chi connectivity index (χ1v) is 8.01. The summed E-state index contributed by atoms with van der Waals surface area (Å²) in [6, 6.07) is 7.51. The second-order valence-corrected chi connectivity index (χ2v) is 6.07. The lowest BCUT2D eigenvalue weighted by Gasteiger charge is -2.34. The highest BCUT2D eigenvalue weighted by Gasteiger charge is 2.30. The van der Waals surface area contributed by atoms with Gasteiger partial charge < -0.3 is 14.4 Å². The van der Waals surface area contributed by atoms with Crippen LogP contribution in [0.1, 0.15) is 30.0 Å². The molecule has 2 aromatic rings. The van der Waals surface area contributed by atoms with Crippen molar-refractivity contribution in [3.63, 3.8) is 0 Å². The van der Waals surface area contributed by atoms with Gasteiger partial charge in [-0.3, -0.25) is 4.79 Å². The number of hydrogen-bond acceptors (Lipinski definition) is 5. The van der Waals surface area contributed by atoms with Crippen LogP contribution in [-0.2, 0) is 4.74 Å². The first kappa shape index (κ1) is 16.4. The van der Waals surface area contributed by atoms with E-state index in [0.717, 1.165) is 5.69 Å². The van der Waals surface area contributed by atoms with Gasteiger partial charge in [0.25, 0.3) is 5.91 Å². The van der Waals surface area contributed by atoms with Crippen molar-refractivity contribution >= 4 is 5.91 Å². The van der Waals surface area contributed by atoms with E-state index in [-0.39, 0.29) is 18.1 Å². The summed E-state index contributed by atoms with van der Waals surface area (Å²) in [5.41, 5.74) is 1.81. The first-order valence-electron chi connectivity index (χ1n) is 8.01. The van der Waals surface area contributed by atoms with E-state index in [2.05, 4.69) is 10.3 Å². The summed E-state index contributed by atoms with van der Waals surface area (Å²) in [6.07, 6.45) is 0.0320. The Kier molecular flexibility index (Phi) is 4.53. The third kappa shape index (κ3) is 2.99. The van der Waals surface area contributed by atoms with E-state index in [0.29, 0.717) is 30.2 Å². The molecule has 128 valence electrons. The number of rotatable bonds is 3. The van der Waals surface area contributed by atoms with Crippen molar-refractivity contribution in [3.05, 3.63) is 35.7 Å². The van der Waals surface area contributed by atoms with Gasteiger partial charge in [-0.25, -0.2) is 4.68 Å². The molecular formula is C17H22N4O3. The second kappa shape index (κ2) is 6.60. The van der Waals surface area contributed by atoms with Crippen molar-refractivity contribution < 1.29 is 14.3 Å². The number of morpholine rings is 1. The number of para-hydroxylation sites is 2. The molecular weight excluding hydrogens is 308 g/mol. The Bertz CT molecular complexity index is 733. The third-order valence-corrected chi connectivity index (χ3v) is 4.12. The molecule has 24 heavy (non-hydrogen) atoms. The van der Waals surface area contributed by atoms with Crippen molar-refractivity contribution in [3.8, 4) is 11.4 Å². The standard InChI is InChI=1S/C17H22N4O3/c1-11-9-20(10-12(2)24-11)17(22)16-13(3)21(19-18-16)14-7-5-6-8-15(14)23-4/h5-8,11-12H,9-10H2,1-4H3/t11-,12-/m1/s1. The average molecular weight is 330 g/mol. The molecule has 0 bridgehead atoms. The van der Waals surface area contributed by atoms with Gasteiger partial charge in [-0.05, 0) is 32.9 Å². The van der Waals surface area contributed by atoms with Gasteiger partial charge in [0.05, 0.1) is 25.0 Å². The molecule has 0 unspecified atom stereocenters. The van der Waals surface area contributed by atoms with Crippen LogP contribution in [0.3, 0.4) is 0 Å². The molecule has 1 aromatic heterocycles. The van der Waals surface area contributed by atoms with Crippen molar-refractivity contribution in [1.82, 2.24) is 19.9 Å². The van der Waals surface area contributed by atoms with Crippen LogP contribution in [0.4, 0.5) is 0 Å². The summed E-state index contributed by atoms with van der Waals surface area (Å²) in [7, 11) is 1.60. The second-order valence-electron chi connectivity index (χ2n) is 6.07. The lowest BCUT2D eigenvalue weighted by atomic mass is 10.2. The Morgan fingerprint density at radius 2 is 1.92 bits per heavy atom. The molecule has 3 rings (SSSR count). The van der Waals surface area contributed by atoms with Crippen LogP contribution in [0.2, 0.25) is 0 Å². The highest BCUT2D eigenvalue weighted by molar-refractivity contribution is 5.93. The summed E-state index contributed by atoms with van der Waals surface area (Å²) >= 11 is 0. The van der Waals surface area contributed by atoms with Gasteiger partial charge >= 0.3 is 0 Å². The van der Waals surface area contributed by atoms with Crippen LogP contribution in [0, 0.1) is 6.92 Å². The topological polar surface area (TPSA) is 69.5 Å². The minimum Gasteiger partial charge on any atom is -0.494 e. The van der Waals surface area contributed by atoms with Gasteiger partial charge in [0, 0.05) is 13.1 Å². The lowest BCUT2D eigenvalue weighted by molar-refractivity contribution is -0.0587. The van der Waals surface area contributed by atoms with Crippen LogP contribution in [0.15, 0.2) is 24.3 Å². The van der Waals surface area contributed by atoms with Crippen molar-refractivity contribution in [2.75, 3.05) is 20.2 Å². The fourth-order valence-electron chi connectivity index (χ4n) is 3.05. The molecule has 7 heteroatoms. The molecule has 7 nitrogen and oxygen atoms in total. The predicted molar refractivity (Wildman–Crippen MR) is 88.6 cm³/mol. The highest BCUT2D eigenvalue weighted by atomic mass is 16.5. The largest absolute Gasteiger partial charge is 0.494 e. The van der Waals surface area contributed by atoms with Crippen LogP contribution in [0.5, 0.6) is 5.75 Å². The highest BCUT2D eigenvalue weighted by Crippen LogP contribution is 2.24. The summed E-state index contributed by atoms with van der Waals surface area (Å²) < 4.78 is 12.7. The minimum absolute atomic E-state index is 0.0160. The van der Waals surface area contributed by atoms with Crippen LogP contribution in [-0.4, -0.2) is 58.2 Å². The minimum atomic E-state index is -0.115. The van der Waals surface area contributed by atoms with Crippen LogP contribution >= 0.6 is 0 Å². The Hall–Kier alpha value is -2.41. The number of amides is 1. The van der Waals surface area contributed by atoms with E-state index < -0.39 is 0 Å². The zero-order valence-corrected chi connectivity index (χ0v) is 14.4. The number of hydrogen-bond donors (Lipinski definition) is 0. The van der Waals surface area contributed by atoms with Crippen LogP contribution in [0.25, 0.3) is 5.69 Å². The number of benzene rings is 1. The average Bonchev–Trinajstić information content (AvgIpc) is 2.94. The van der Waals surface area contributed by atoms with Gasteiger partial charge in [-0.15, -0.1) is 5.10 Å². The van der Waals surface area contributed by atoms with E-state index >= 15 is 0 Å². The number of aromatic nitrogens is 3. The van der Waals surface area contributed by atoms with Crippen molar-refractivity contribution in [2.24, 2.45) is 0 Å². The predicted octanol–water partition coefficient (Wildman–Crippen LogP) is 1.83. The molecule has 2 heterocycles. The normalized spacial score (nSPS) is 20.9. The smallest absolute Gasteiger partial charge is 0.276 e. The SMILES string of the molecule is COc1ccccc1-n1nnc(C(=O)N2C[C@@H](C)O[C@H](C)C2)c1C. The van der Waals surface area contributed by atoms with Gasteiger partial charge in [0.1, 0.15) is 11.4 Å². The van der Waals surface area contributed by atoms with E-state index in [1.807, 2.05) is 45.0 Å². The molecule has 1 saturated heterocycles. The molecule has 2 atom stereocenters. The van der Waals surface area contributed by atoms with Gasteiger partial charge in [-0.1, -0.05) is 17.3 Å². The molecule has 1 aromatic carbocycles. The summed E-state index contributed by atoms with van der Waals surface area (Å²) in [6.45, 7) is 6.89. The number of carbonyl (C=O) groups excluding carboxylic acids is 1. The number of nitrogens with zero attached hydrogens (tertiary/aromatic N) is 4. The van der Waals surface area contributed by atoms with Gasteiger partial charge in [0.2, 0.25) is 0 Å². The summed E-state index contributed by atoms with van der Waals surface area (Å²) in [4.78, 5) is 14.6.